The van der Waals surface area contributed by atoms with Crippen molar-refractivity contribution in [2.45, 2.75) is 45.7 Å². The van der Waals surface area contributed by atoms with Gasteiger partial charge in [-0.3, -0.25) is 4.79 Å². The SMILES string of the molecule is CC1=C(C(=O)N2CCC[C@H]2c2cc(C)no2)[C@H](c2ccc(Cl)c(Cl)c2)n2nc(C)cc2N1. The number of hydrogen-bond acceptors (Lipinski definition) is 5. The second-order valence-corrected chi connectivity index (χ2v) is 9.20. The van der Waals surface area contributed by atoms with Crippen molar-refractivity contribution < 1.29 is 9.32 Å². The molecule has 0 unspecified atom stereocenters. The third-order valence-corrected chi connectivity index (χ3v) is 6.81. The molecule has 1 fully saturated rings. The molecule has 2 aliphatic rings. The lowest BCUT2D eigenvalue weighted by molar-refractivity contribution is -0.128. The first-order valence-corrected chi connectivity index (χ1v) is 11.3. The van der Waals surface area contributed by atoms with E-state index in [-0.39, 0.29) is 11.9 Å². The van der Waals surface area contributed by atoms with E-state index in [0.717, 1.165) is 47.1 Å². The Kier molecular flexibility index (Phi) is 5.26. The molecule has 0 bridgehead atoms. The predicted octanol–water partition coefficient (Wildman–Crippen LogP) is 5.45. The van der Waals surface area contributed by atoms with Crippen LogP contribution in [0.15, 0.2) is 46.1 Å². The zero-order valence-corrected chi connectivity index (χ0v) is 19.5. The number of rotatable bonds is 3. The van der Waals surface area contributed by atoms with Gasteiger partial charge in [0.15, 0.2) is 5.76 Å². The van der Waals surface area contributed by atoms with Crippen molar-refractivity contribution in [1.29, 1.82) is 0 Å². The number of nitrogens with zero attached hydrogens (tertiary/aromatic N) is 4. The molecule has 1 aromatic carbocycles. The van der Waals surface area contributed by atoms with Crippen LogP contribution in [-0.4, -0.2) is 32.3 Å². The van der Waals surface area contributed by atoms with E-state index in [1.54, 1.807) is 6.07 Å². The highest BCUT2D eigenvalue weighted by Crippen LogP contribution is 2.41. The minimum Gasteiger partial charge on any atom is -0.359 e. The van der Waals surface area contributed by atoms with E-state index in [1.165, 1.54) is 0 Å². The highest BCUT2D eigenvalue weighted by Gasteiger charge is 2.40. The number of amides is 1. The summed E-state index contributed by atoms with van der Waals surface area (Å²) < 4.78 is 7.36. The summed E-state index contributed by atoms with van der Waals surface area (Å²) in [6, 6.07) is 8.76. The van der Waals surface area contributed by atoms with Crippen LogP contribution < -0.4 is 5.32 Å². The number of hydrogen-bond donors (Lipinski definition) is 1. The van der Waals surface area contributed by atoms with Crippen LogP contribution in [0.5, 0.6) is 0 Å². The van der Waals surface area contributed by atoms with Crippen molar-refractivity contribution in [3.63, 3.8) is 0 Å². The number of aryl methyl sites for hydroxylation is 2. The van der Waals surface area contributed by atoms with Gasteiger partial charge in [0.05, 0.1) is 33.0 Å². The second kappa shape index (κ2) is 7.98. The molecule has 1 saturated heterocycles. The molecule has 2 atom stereocenters. The minimum absolute atomic E-state index is 0.0542. The average molecular weight is 472 g/mol. The molecule has 7 nitrogen and oxygen atoms in total. The minimum atomic E-state index is -0.431. The van der Waals surface area contributed by atoms with Crippen molar-refractivity contribution in [3.05, 3.63) is 74.4 Å². The van der Waals surface area contributed by atoms with E-state index in [9.17, 15) is 4.79 Å². The molecular weight excluding hydrogens is 449 g/mol. The molecule has 4 heterocycles. The molecule has 0 aliphatic carbocycles. The van der Waals surface area contributed by atoms with Gasteiger partial charge in [-0.1, -0.05) is 34.4 Å². The van der Waals surface area contributed by atoms with E-state index >= 15 is 0 Å². The van der Waals surface area contributed by atoms with E-state index in [4.69, 9.17) is 27.7 Å². The van der Waals surface area contributed by atoms with Gasteiger partial charge in [-0.25, -0.2) is 4.68 Å². The molecule has 0 radical (unpaired) electrons. The summed E-state index contributed by atoms with van der Waals surface area (Å²) in [5.41, 5.74) is 3.92. The Hall–Kier alpha value is -2.77. The first kappa shape index (κ1) is 21.1. The van der Waals surface area contributed by atoms with Gasteiger partial charge in [-0.2, -0.15) is 5.10 Å². The number of nitrogens with one attached hydrogen (secondary N) is 1. The third kappa shape index (κ3) is 3.49. The third-order valence-electron chi connectivity index (χ3n) is 6.07. The lowest BCUT2D eigenvalue weighted by Crippen LogP contribution is -2.38. The molecule has 5 rings (SSSR count). The Morgan fingerprint density at radius 3 is 2.66 bits per heavy atom. The predicted molar refractivity (Wildman–Crippen MR) is 123 cm³/mol. The van der Waals surface area contributed by atoms with Gasteiger partial charge in [0.1, 0.15) is 11.9 Å². The van der Waals surface area contributed by atoms with Crippen LogP contribution in [0.4, 0.5) is 5.82 Å². The van der Waals surface area contributed by atoms with Crippen molar-refractivity contribution in [1.82, 2.24) is 19.8 Å². The molecule has 166 valence electrons. The van der Waals surface area contributed by atoms with Crippen LogP contribution in [-0.2, 0) is 4.79 Å². The van der Waals surface area contributed by atoms with Crippen molar-refractivity contribution in [2.75, 3.05) is 11.9 Å². The lowest BCUT2D eigenvalue weighted by Gasteiger charge is -2.33. The Labute approximate surface area is 196 Å². The number of aromatic nitrogens is 3. The molecule has 1 amide bonds. The standard InChI is InChI=1S/C23H23Cl2N5O2/c1-12-10-20-26-14(3)21(22(30(20)27-12)15-6-7-16(24)17(25)11-15)23(31)29-8-4-5-18(29)19-9-13(2)28-32-19/h6-7,9-11,18,22,26H,4-5,8H2,1-3H3/t18-,22-/m0/s1. The highest BCUT2D eigenvalue weighted by molar-refractivity contribution is 6.42. The van der Waals surface area contributed by atoms with Crippen LogP contribution in [0.2, 0.25) is 10.0 Å². The quantitative estimate of drug-likeness (QED) is 0.549. The average Bonchev–Trinajstić information content (AvgIpc) is 3.47. The number of halogens is 2. The molecular formula is C23H23Cl2N5O2. The fourth-order valence-corrected chi connectivity index (χ4v) is 4.97. The largest absolute Gasteiger partial charge is 0.359 e. The molecule has 0 saturated carbocycles. The topological polar surface area (TPSA) is 76.2 Å². The van der Waals surface area contributed by atoms with E-state index < -0.39 is 6.04 Å². The number of carbonyl (C=O) groups is 1. The summed E-state index contributed by atoms with van der Waals surface area (Å²) in [4.78, 5) is 15.9. The number of benzene rings is 1. The number of allylic oxidation sites excluding steroid dienone is 1. The van der Waals surface area contributed by atoms with E-state index in [1.807, 2.05) is 54.6 Å². The fraction of sp³-hybridized carbons (Fsp3) is 0.348. The Morgan fingerprint density at radius 1 is 1.12 bits per heavy atom. The van der Waals surface area contributed by atoms with Gasteiger partial charge in [0.2, 0.25) is 0 Å². The fourth-order valence-electron chi connectivity index (χ4n) is 4.66. The normalized spacial score (nSPS) is 20.5. The molecule has 0 spiro atoms. The zero-order valence-electron chi connectivity index (χ0n) is 18.0. The number of anilines is 1. The van der Waals surface area contributed by atoms with Gasteiger partial charge >= 0.3 is 0 Å². The Morgan fingerprint density at radius 2 is 1.94 bits per heavy atom. The van der Waals surface area contributed by atoms with Crippen LogP contribution in [0.1, 0.15) is 54.6 Å². The van der Waals surface area contributed by atoms with Gasteiger partial charge in [0.25, 0.3) is 5.91 Å². The number of likely N-dealkylation sites (tertiary alicyclic amines) is 1. The van der Waals surface area contributed by atoms with Crippen molar-refractivity contribution >= 4 is 34.9 Å². The molecule has 2 aliphatic heterocycles. The number of carbonyl (C=O) groups excluding carboxylic acids is 1. The van der Waals surface area contributed by atoms with Crippen LogP contribution in [0, 0.1) is 13.8 Å². The molecule has 9 heteroatoms. The maximum absolute atomic E-state index is 14.0. The van der Waals surface area contributed by atoms with Crippen molar-refractivity contribution in [3.8, 4) is 0 Å². The summed E-state index contributed by atoms with van der Waals surface area (Å²) in [6.07, 6.45) is 1.74. The summed E-state index contributed by atoms with van der Waals surface area (Å²) in [7, 11) is 0. The smallest absolute Gasteiger partial charge is 0.254 e. The first-order valence-electron chi connectivity index (χ1n) is 10.6. The van der Waals surface area contributed by atoms with Crippen LogP contribution in [0.3, 0.4) is 0 Å². The Balaban J connectivity index is 1.60. The van der Waals surface area contributed by atoms with E-state index in [2.05, 4.69) is 15.6 Å². The van der Waals surface area contributed by atoms with E-state index in [0.29, 0.717) is 22.2 Å². The summed E-state index contributed by atoms with van der Waals surface area (Å²) in [5, 5.41) is 13.0. The Bertz CT molecular complexity index is 1240. The summed E-state index contributed by atoms with van der Waals surface area (Å²) in [5.74, 6) is 1.50. The second-order valence-electron chi connectivity index (χ2n) is 8.38. The molecule has 2 aromatic heterocycles. The summed E-state index contributed by atoms with van der Waals surface area (Å²) >= 11 is 12.5. The molecule has 3 aromatic rings. The number of fused-ring (bicyclic) bond motifs is 1. The van der Waals surface area contributed by atoms with Gasteiger partial charge < -0.3 is 14.7 Å². The van der Waals surface area contributed by atoms with Crippen LogP contribution >= 0.6 is 23.2 Å². The maximum Gasteiger partial charge on any atom is 0.254 e. The maximum atomic E-state index is 14.0. The van der Waals surface area contributed by atoms with Crippen LogP contribution in [0.25, 0.3) is 0 Å². The zero-order chi connectivity index (χ0) is 22.6. The van der Waals surface area contributed by atoms with Gasteiger partial charge in [-0.15, -0.1) is 0 Å². The summed E-state index contributed by atoms with van der Waals surface area (Å²) in [6.45, 7) is 6.39. The first-order chi connectivity index (χ1) is 15.3. The monoisotopic (exact) mass is 471 g/mol. The van der Waals surface area contributed by atoms with Crippen molar-refractivity contribution in [2.24, 2.45) is 0 Å². The highest BCUT2D eigenvalue weighted by atomic mass is 35.5. The van der Waals surface area contributed by atoms with Gasteiger partial charge in [-0.05, 0) is 51.3 Å². The molecule has 32 heavy (non-hydrogen) atoms. The lowest BCUT2D eigenvalue weighted by atomic mass is 9.94. The molecule has 1 N–H and O–H groups in total. The van der Waals surface area contributed by atoms with Gasteiger partial charge in [0, 0.05) is 24.4 Å².